The molecule has 0 radical (unpaired) electrons. The molecule has 0 aromatic rings. The first-order valence-electron chi connectivity index (χ1n) is 11.3. The van der Waals surface area contributed by atoms with Gasteiger partial charge in [0.1, 0.15) is 0 Å². The van der Waals surface area contributed by atoms with E-state index >= 15 is 0 Å². The summed E-state index contributed by atoms with van der Waals surface area (Å²) in [7, 11) is 0. The summed E-state index contributed by atoms with van der Waals surface area (Å²) in [5.74, 6) is -6.39. The topological polar surface area (TPSA) is 120 Å². The molecular formula is C24H31Na3O6. The maximum absolute atomic E-state index is 12.3. The molecule has 0 amide bonds. The quantitative estimate of drug-likeness (QED) is 0.289. The van der Waals surface area contributed by atoms with Gasteiger partial charge in [0.15, 0.2) is 0 Å². The van der Waals surface area contributed by atoms with Crippen LogP contribution in [0.3, 0.4) is 0 Å². The van der Waals surface area contributed by atoms with Gasteiger partial charge in [-0.1, -0.05) is 45.8 Å². The van der Waals surface area contributed by atoms with Crippen molar-refractivity contribution in [3.63, 3.8) is 0 Å². The standard InChI is InChI=1S/C24H34O6.3Na/c1-12(2)14-11-24-9-6-15-22(3,7-5-8-23(15,4)21(29)30)16(24)10-13(14)17(19(25)26)18(24)20(27)28;;;/h11-13,15-18H,5-10H2,1-4H3,(H,25,26)(H,27,28)(H,29,30);;;/q;3*+1/p-3. The van der Waals surface area contributed by atoms with E-state index in [-0.39, 0.29) is 112 Å². The van der Waals surface area contributed by atoms with E-state index in [2.05, 4.69) is 13.0 Å². The molecule has 9 heteroatoms. The van der Waals surface area contributed by atoms with Gasteiger partial charge in [-0.25, -0.2) is 0 Å². The average molecular weight is 484 g/mol. The fourth-order valence-corrected chi connectivity index (χ4v) is 8.52. The Morgan fingerprint density at radius 3 is 2.03 bits per heavy atom. The van der Waals surface area contributed by atoms with E-state index in [1.54, 1.807) is 6.92 Å². The summed E-state index contributed by atoms with van der Waals surface area (Å²) >= 11 is 0. The van der Waals surface area contributed by atoms with Crippen molar-refractivity contribution >= 4 is 17.9 Å². The van der Waals surface area contributed by atoms with E-state index in [0.717, 1.165) is 18.4 Å². The first-order valence-corrected chi connectivity index (χ1v) is 11.3. The Morgan fingerprint density at radius 1 is 0.939 bits per heavy atom. The molecule has 5 aliphatic rings. The number of aliphatic carboxylic acids is 3. The Balaban J connectivity index is 0.00000181. The molecule has 5 rings (SSSR count). The van der Waals surface area contributed by atoms with Crippen LogP contribution in [0.1, 0.15) is 66.2 Å². The van der Waals surface area contributed by atoms with E-state index in [4.69, 9.17) is 0 Å². The summed E-state index contributed by atoms with van der Waals surface area (Å²) in [4.78, 5) is 36.6. The van der Waals surface area contributed by atoms with Crippen LogP contribution in [0.5, 0.6) is 0 Å². The summed E-state index contributed by atoms with van der Waals surface area (Å²) in [6.07, 6.45) is 5.79. The molecule has 1 spiro atoms. The maximum atomic E-state index is 12.3. The SMILES string of the molecule is CC(C)C1=CC23CCC4C(C)(C(=O)[O-])CCCC4(C)C2CC1C(C(=O)[O-])C3C(=O)[O-].[Na+].[Na+].[Na+]. The monoisotopic (exact) mass is 484 g/mol. The van der Waals surface area contributed by atoms with Gasteiger partial charge in [0.2, 0.25) is 0 Å². The van der Waals surface area contributed by atoms with Crippen LogP contribution in [0.15, 0.2) is 11.6 Å². The smallest absolute Gasteiger partial charge is 0.550 e. The molecule has 0 saturated heterocycles. The van der Waals surface area contributed by atoms with Gasteiger partial charge in [-0.2, -0.15) is 0 Å². The Hall–Kier alpha value is 1.15. The van der Waals surface area contributed by atoms with Gasteiger partial charge in [-0.3, -0.25) is 0 Å². The molecule has 8 unspecified atom stereocenters. The Labute approximate surface area is 263 Å². The van der Waals surface area contributed by atoms with Crippen molar-refractivity contribution in [1.29, 1.82) is 0 Å². The van der Waals surface area contributed by atoms with Crippen molar-refractivity contribution in [3.05, 3.63) is 11.6 Å². The van der Waals surface area contributed by atoms with Crippen LogP contribution in [0.2, 0.25) is 0 Å². The summed E-state index contributed by atoms with van der Waals surface area (Å²) in [5, 5.41) is 36.6. The van der Waals surface area contributed by atoms with Crippen molar-refractivity contribution in [3.8, 4) is 0 Å². The molecule has 8 atom stereocenters. The van der Waals surface area contributed by atoms with E-state index in [9.17, 15) is 29.7 Å². The number of carbonyl (C=O) groups is 3. The van der Waals surface area contributed by atoms with Crippen molar-refractivity contribution in [2.75, 3.05) is 0 Å². The summed E-state index contributed by atoms with van der Waals surface area (Å²) in [6.45, 7) is 7.91. The van der Waals surface area contributed by atoms with E-state index in [1.807, 2.05) is 13.8 Å². The fourth-order valence-electron chi connectivity index (χ4n) is 8.52. The summed E-state index contributed by atoms with van der Waals surface area (Å²) < 4.78 is 0. The second-order valence-electron chi connectivity index (χ2n) is 11.1. The van der Waals surface area contributed by atoms with Gasteiger partial charge >= 0.3 is 88.7 Å². The largest absolute Gasteiger partial charge is 1.00 e. The zero-order valence-corrected chi connectivity index (χ0v) is 27.2. The van der Waals surface area contributed by atoms with Crippen molar-refractivity contribution in [2.24, 2.45) is 51.8 Å². The van der Waals surface area contributed by atoms with Crippen LogP contribution in [0, 0.1) is 51.8 Å². The predicted octanol–water partition coefficient (Wildman–Crippen LogP) is -8.69. The third-order valence-electron chi connectivity index (χ3n) is 9.67. The van der Waals surface area contributed by atoms with Gasteiger partial charge in [-0.05, 0) is 61.2 Å². The summed E-state index contributed by atoms with van der Waals surface area (Å²) in [5.41, 5.74) is -1.14. The van der Waals surface area contributed by atoms with Crippen LogP contribution >= 0.6 is 0 Å². The molecule has 3 fully saturated rings. The third-order valence-corrected chi connectivity index (χ3v) is 9.67. The van der Waals surface area contributed by atoms with Crippen molar-refractivity contribution in [1.82, 2.24) is 0 Å². The molecule has 0 aliphatic heterocycles. The Bertz CT molecular complexity index is 844. The number of allylic oxidation sites excluding steroid dienone is 2. The molecule has 0 aromatic carbocycles. The summed E-state index contributed by atoms with van der Waals surface area (Å²) in [6, 6.07) is 0. The second kappa shape index (κ2) is 10.9. The number of carboxylic acids is 3. The van der Waals surface area contributed by atoms with Crippen LogP contribution in [0.4, 0.5) is 0 Å². The second-order valence-corrected chi connectivity index (χ2v) is 11.1. The van der Waals surface area contributed by atoms with Crippen molar-refractivity contribution in [2.45, 2.75) is 66.2 Å². The van der Waals surface area contributed by atoms with E-state index in [0.29, 0.717) is 25.7 Å². The number of fused-ring (bicyclic) bond motifs is 2. The van der Waals surface area contributed by atoms with Gasteiger partial charge in [0.25, 0.3) is 0 Å². The molecule has 0 N–H and O–H groups in total. The minimum absolute atomic E-state index is 0. The van der Waals surface area contributed by atoms with Crippen LogP contribution < -0.4 is 104 Å². The minimum Gasteiger partial charge on any atom is -0.550 e. The first kappa shape index (κ1) is 32.2. The van der Waals surface area contributed by atoms with Gasteiger partial charge < -0.3 is 29.7 Å². The number of hydrogen-bond donors (Lipinski definition) is 0. The zero-order valence-electron chi connectivity index (χ0n) is 21.2. The molecule has 5 aliphatic carbocycles. The minimum atomic E-state index is -1.32. The van der Waals surface area contributed by atoms with Gasteiger partial charge in [-0.15, -0.1) is 0 Å². The molecular weight excluding hydrogens is 453 g/mol. The molecule has 2 bridgehead atoms. The van der Waals surface area contributed by atoms with Crippen LogP contribution in [-0.2, 0) is 14.4 Å². The average Bonchev–Trinajstić information content (AvgIpc) is 2.65. The molecule has 3 saturated carbocycles. The molecule has 0 aromatic heterocycles. The van der Waals surface area contributed by atoms with Gasteiger partial charge in [0, 0.05) is 40.6 Å². The number of hydrogen-bond acceptors (Lipinski definition) is 6. The Morgan fingerprint density at radius 2 is 1.55 bits per heavy atom. The van der Waals surface area contributed by atoms with Crippen LogP contribution in [0.25, 0.3) is 0 Å². The number of carboxylic acid groups (broad SMARTS) is 3. The number of rotatable bonds is 4. The van der Waals surface area contributed by atoms with E-state index < -0.39 is 46.5 Å². The van der Waals surface area contributed by atoms with E-state index in [1.165, 1.54) is 0 Å². The normalized spacial score (nSPS) is 42.9. The molecule has 0 heterocycles. The molecule has 33 heavy (non-hydrogen) atoms. The molecule has 166 valence electrons. The van der Waals surface area contributed by atoms with Crippen molar-refractivity contribution < 1.29 is 118 Å². The number of carbonyl (C=O) groups excluding carboxylic acids is 3. The Kier molecular flexibility index (Phi) is 10.6. The zero-order chi connectivity index (χ0) is 22.2. The van der Waals surface area contributed by atoms with Gasteiger partial charge in [0.05, 0.1) is 0 Å². The third kappa shape index (κ3) is 4.54. The maximum Gasteiger partial charge on any atom is 1.00 e. The first-order chi connectivity index (χ1) is 13.9. The van der Waals surface area contributed by atoms with Crippen LogP contribution in [-0.4, -0.2) is 17.9 Å². The molecule has 6 nitrogen and oxygen atoms in total. The fraction of sp³-hybridized carbons (Fsp3) is 0.792. The predicted molar refractivity (Wildman–Crippen MR) is 102 cm³/mol.